The molecule has 1 aliphatic rings. The van der Waals surface area contributed by atoms with Crippen LogP contribution in [0.5, 0.6) is 5.75 Å². The molecule has 332 valence electrons. The molecule has 16 nitrogen and oxygen atoms in total. The first-order valence-corrected chi connectivity index (χ1v) is 21.5. The van der Waals surface area contributed by atoms with Crippen LogP contribution in [0.4, 0.5) is 17.1 Å². The molecule has 0 unspecified atom stereocenters. The van der Waals surface area contributed by atoms with Gasteiger partial charge in [-0.25, -0.2) is 0 Å². The zero-order valence-electron chi connectivity index (χ0n) is 35.2. The number of rotatable bonds is 20. The van der Waals surface area contributed by atoms with Gasteiger partial charge in [0.1, 0.15) is 18.1 Å². The number of halogens is 1. The monoisotopic (exact) mass is 880 g/mol. The Morgan fingerprint density at radius 1 is 0.794 bits per heavy atom. The van der Waals surface area contributed by atoms with E-state index in [2.05, 4.69) is 36.9 Å². The zero-order chi connectivity index (χ0) is 45.0. The Bertz CT molecular complexity index is 2470. The molecule has 0 saturated carbocycles. The van der Waals surface area contributed by atoms with E-state index in [1.54, 1.807) is 59.5 Å². The summed E-state index contributed by atoms with van der Waals surface area (Å²) in [6.07, 6.45) is 2.46. The van der Waals surface area contributed by atoms with E-state index in [1.807, 2.05) is 38.1 Å². The number of aliphatic hydroxyl groups excluding tert-OH is 1. The molecule has 5 aromatic rings. The molecule has 6 rings (SSSR count). The summed E-state index contributed by atoms with van der Waals surface area (Å²) in [5.74, 6) is -1.82. The number of H-pyrrole nitrogens is 1. The Kier molecular flexibility index (Phi) is 15.7. The van der Waals surface area contributed by atoms with Crippen LogP contribution in [-0.2, 0) is 19.2 Å². The summed E-state index contributed by atoms with van der Waals surface area (Å²) < 4.78 is 0. The molecule has 0 saturated heterocycles. The predicted molar refractivity (Wildman–Crippen MR) is 243 cm³/mol. The number of carbonyl (C=O) groups is 6. The molecule has 0 spiro atoms. The Morgan fingerprint density at radius 2 is 1.52 bits per heavy atom. The summed E-state index contributed by atoms with van der Waals surface area (Å²) in [7, 11) is 0. The molecule has 1 aliphatic heterocycles. The lowest BCUT2D eigenvalue weighted by Crippen LogP contribution is -2.50. The number of aromatic amines is 1. The molecule has 17 heteroatoms. The maximum atomic E-state index is 13.9. The molecule has 2 heterocycles. The SMILES string of the molecule is CC(C)[C@H](NCCNC(=O)CCCCCNC(=O)CO)C(=O)NCC(=O)Nc1ccc(C(=O)Nc2ccc3[nH]c(C(=O)N4C[C@@H](CCl)c5c4cc(O)c4ccccc54)cc3c2)cc1. The minimum absolute atomic E-state index is 0.0870. The fraction of sp³-hybridized carbons (Fsp3) is 0.348. The largest absolute Gasteiger partial charge is 0.507 e. The number of aromatic nitrogens is 1. The number of hydrogen-bond donors (Lipinski definition) is 9. The van der Waals surface area contributed by atoms with Gasteiger partial charge < -0.3 is 52.0 Å². The zero-order valence-corrected chi connectivity index (χ0v) is 35.9. The Balaban J connectivity index is 0.945. The van der Waals surface area contributed by atoms with Crippen LogP contribution >= 0.6 is 11.6 Å². The van der Waals surface area contributed by atoms with E-state index in [4.69, 9.17) is 16.7 Å². The predicted octanol–water partition coefficient (Wildman–Crippen LogP) is 4.72. The van der Waals surface area contributed by atoms with Gasteiger partial charge in [0.15, 0.2) is 0 Å². The normalized spacial score (nSPS) is 13.7. The van der Waals surface area contributed by atoms with Gasteiger partial charge in [-0.2, -0.15) is 0 Å². The number of unbranched alkanes of at least 4 members (excludes halogenated alkanes) is 2. The highest BCUT2D eigenvalue weighted by Gasteiger charge is 2.35. The summed E-state index contributed by atoms with van der Waals surface area (Å²) in [5, 5.41) is 38.5. The van der Waals surface area contributed by atoms with Crippen molar-refractivity contribution in [2.24, 2.45) is 5.92 Å². The summed E-state index contributed by atoms with van der Waals surface area (Å²) in [6, 6.07) is 21.8. The van der Waals surface area contributed by atoms with Crippen LogP contribution in [-0.4, -0.2) is 102 Å². The van der Waals surface area contributed by atoms with Gasteiger partial charge >= 0.3 is 0 Å². The number of aliphatic hydroxyl groups is 1. The molecule has 0 bridgehead atoms. The van der Waals surface area contributed by atoms with Crippen LogP contribution in [0.1, 0.15) is 71.9 Å². The number of phenols is 1. The van der Waals surface area contributed by atoms with Crippen LogP contribution in [0.2, 0.25) is 0 Å². The molecular formula is C46H53ClN8O8. The molecule has 4 aromatic carbocycles. The van der Waals surface area contributed by atoms with Crippen molar-refractivity contribution in [1.29, 1.82) is 0 Å². The number of fused-ring (bicyclic) bond motifs is 4. The van der Waals surface area contributed by atoms with Crippen molar-refractivity contribution in [3.63, 3.8) is 0 Å². The molecule has 9 N–H and O–H groups in total. The van der Waals surface area contributed by atoms with Gasteiger partial charge in [-0.05, 0) is 78.2 Å². The lowest BCUT2D eigenvalue weighted by atomic mass is 9.95. The molecule has 63 heavy (non-hydrogen) atoms. The number of benzene rings is 4. The topological polar surface area (TPSA) is 234 Å². The van der Waals surface area contributed by atoms with Crippen molar-refractivity contribution in [1.82, 2.24) is 26.3 Å². The second kappa shape index (κ2) is 21.5. The first kappa shape index (κ1) is 46.0. The molecule has 6 amide bonds. The summed E-state index contributed by atoms with van der Waals surface area (Å²) >= 11 is 6.38. The maximum Gasteiger partial charge on any atom is 0.274 e. The maximum absolute atomic E-state index is 13.9. The van der Waals surface area contributed by atoms with Crippen LogP contribution in [0.3, 0.4) is 0 Å². The summed E-state index contributed by atoms with van der Waals surface area (Å²) in [6.45, 7) is 4.40. The van der Waals surface area contributed by atoms with E-state index in [0.29, 0.717) is 95.9 Å². The lowest BCUT2D eigenvalue weighted by Gasteiger charge is -2.21. The molecule has 1 aromatic heterocycles. The Hall–Kier alpha value is -6.49. The van der Waals surface area contributed by atoms with Crippen LogP contribution in [0.15, 0.2) is 78.9 Å². The van der Waals surface area contributed by atoms with Crippen molar-refractivity contribution < 1.29 is 39.0 Å². The van der Waals surface area contributed by atoms with E-state index >= 15 is 0 Å². The lowest BCUT2D eigenvalue weighted by molar-refractivity contribution is -0.126. The molecular weight excluding hydrogens is 828 g/mol. The third-order valence-corrected chi connectivity index (χ3v) is 11.2. The number of amides is 6. The average molecular weight is 881 g/mol. The standard InChI is InChI=1S/C46H53ClN8O8/c1-27(2)43(50-19-18-49-39(58)10-4-3-7-17-48-41(60)26-56)45(62)51-24-40(59)52-31-13-11-28(12-14-31)44(61)53-32-15-16-35-29(20-32)21-36(54-35)46(63)55-25-30(23-47)42-34-9-6-5-8-33(34)38(57)22-37(42)55/h5-6,8-9,11-16,20-22,27,30,43,50,54,56-57H,3-4,7,10,17-19,23-26H2,1-2H3,(H,48,60)(H,49,58)(H,51,62)(H,52,59)(H,53,61)/t30-,43+/m1/s1. The van der Waals surface area contributed by atoms with Crippen molar-refractivity contribution in [2.75, 3.05) is 60.7 Å². The van der Waals surface area contributed by atoms with Crippen LogP contribution in [0, 0.1) is 5.92 Å². The number of anilines is 3. The fourth-order valence-electron chi connectivity index (χ4n) is 7.63. The quantitative estimate of drug-likeness (QED) is 0.0388. The molecule has 0 radical (unpaired) electrons. The Morgan fingerprint density at radius 3 is 2.25 bits per heavy atom. The average Bonchev–Trinajstić information content (AvgIpc) is 3.88. The third kappa shape index (κ3) is 11.7. The summed E-state index contributed by atoms with van der Waals surface area (Å²) in [4.78, 5) is 80.8. The fourth-order valence-corrected chi connectivity index (χ4v) is 7.88. The van der Waals surface area contributed by atoms with Crippen molar-refractivity contribution in [2.45, 2.75) is 51.5 Å². The van der Waals surface area contributed by atoms with Crippen molar-refractivity contribution >= 4 is 85.8 Å². The highest BCUT2D eigenvalue weighted by molar-refractivity contribution is 6.19. The van der Waals surface area contributed by atoms with Gasteiger partial charge in [0, 0.05) is 83.7 Å². The Labute approximate surface area is 369 Å². The third-order valence-electron chi connectivity index (χ3n) is 10.8. The highest BCUT2D eigenvalue weighted by Crippen LogP contribution is 2.45. The van der Waals surface area contributed by atoms with Crippen LogP contribution in [0.25, 0.3) is 21.7 Å². The molecule has 0 fully saturated rings. The number of phenolic OH excluding ortho intramolecular Hbond substituents is 1. The number of hydrogen-bond acceptors (Lipinski definition) is 9. The van der Waals surface area contributed by atoms with Crippen molar-refractivity contribution in [3.05, 3.63) is 95.7 Å². The van der Waals surface area contributed by atoms with Gasteiger partial charge in [0.05, 0.1) is 18.3 Å². The molecule has 0 aliphatic carbocycles. The van der Waals surface area contributed by atoms with E-state index in [0.717, 1.165) is 17.4 Å². The number of nitrogens with zero attached hydrogens (tertiary/aromatic N) is 1. The van der Waals surface area contributed by atoms with Crippen molar-refractivity contribution in [3.8, 4) is 5.75 Å². The first-order valence-electron chi connectivity index (χ1n) is 21.0. The van der Waals surface area contributed by atoms with E-state index in [-0.39, 0.29) is 47.8 Å². The molecule has 2 atom stereocenters. The second-order valence-corrected chi connectivity index (χ2v) is 16.1. The number of carbonyl (C=O) groups excluding carboxylic acids is 6. The van der Waals surface area contributed by atoms with E-state index in [1.165, 1.54) is 0 Å². The summed E-state index contributed by atoms with van der Waals surface area (Å²) in [5.41, 5.74) is 3.88. The van der Waals surface area contributed by atoms with Gasteiger partial charge in [0.2, 0.25) is 23.6 Å². The highest BCUT2D eigenvalue weighted by atomic mass is 35.5. The van der Waals surface area contributed by atoms with Gasteiger partial charge in [-0.3, -0.25) is 28.8 Å². The minimum Gasteiger partial charge on any atom is -0.507 e. The smallest absolute Gasteiger partial charge is 0.274 e. The first-order chi connectivity index (χ1) is 30.4. The van der Waals surface area contributed by atoms with Gasteiger partial charge in [-0.15, -0.1) is 11.6 Å². The number of alkyl halides is 1. The number of aromatic hydroxyl groups is 1. The number of nitrogens with one attached hydrogen (secondary N) is 7. The van der Waals surface area contributed by atoms with E-state index < -0.39 is 24.5 Å². The van der Waals surface area contributed by atoms with Gasteiger partial charge in [-0.1, -0.05) is 44.5 Å². The second-order valence-electron chi connectivity index (χ2n) is 15.8. The minimum atomic E-state index is -0.598. The van der Waals surface area contributed by atoms with Gasteiger partial charge in [0.25, 0.3) is 11.8 Å². The van der Waals surface area contributed by atoms with E-state index in [9.17, 15) is 33.9 Å². The van der Waals surface area contributed by atoms with Crippen LogP contribution < -0.4 is 36.8 Å².